The Morgan fingerprint density at radius 1 is 1.44 bits per heavy atom. The Labute approximate surface area is 97.7 Å². The van der Waals surface area contributed by atoms with E-state index in [4.69, 9.17) is 5.73 Å². The SMILES string of the molecule is CCc1cc(NCC(C)CCN)nc(C)n1. The molecular formula is C12H22N4. The van der Waals surface area contributed by atoms with Crippen LogP contribution < -0.4 is 11.1 Å². The third kappa shape index (κ3) is 4.14. The molecule has 0 radical (unpaired) electrons. The van der Waals surface area contributed by atoms with Crippen LogP contribution in [0.2, 0.25) is 0 Å². The highest BCUT2D eigenvalue weighted by Crippen LogP contribution is 2.09. The minimum Gasteiger partial charge on any atom is -0.370 e. The first-order valence-corrected chi connectivity index (χ1v) is 5.94. The van der Waals surface area contributed by atoms with Crippen LogP contribution in [0, 0.1) is 12.8 Å². The monoisotopic (exact) mass is 222 g/mol. The van der Waals surface area contributed by atoms with Gasteiger partial charge in [0.25, 0.3) is 0 Å². The topological polar surface area (TPSA) is 63.8 Å². The molecule has 0 saturated heterocycles. The van der Waals surface area contributed by atoms with E-state index in [-0.39, 0.29) is 0 Å². The summed E-state index contributed by atoms with van der Waals surface area (Å²) in [6.45, 7) is 7.87. The summed E-state index contributed by atoms with van der Waals surface area (Å²) >= 11 is 0. The van der Waals surface area contributed by atoms with Gasteiger partial charge in [0.2, 0.25) is 0 Å². The summed E-state index contributed by atoms with van der Waals surface area (Å²) in [5, 5.41) is 3.34. The van der Waals surface area contributed by atoms with Crippen LogP contribution in [0.4, 0.5) is 5.82 Å². The van der Waals surface area contributed by atoms with E-state index in [2.05, 4.69) is 29.1 Å². The summed E-state index contributed by atoms with van der Waals surface area (Å²) in [5.41, 5.74) is 6.60. The molecule has 16 heavy (non-hydrogen) atoms. The molecule has 1 aromatic rings. The lowest BCUT2D eigenvalue weighted by Crippen LogP contribution is -2.16. The fraction of sp³-hybridized carbons (Fsp3) is 0.667. The molecule has 0 spiro atoms. The Kier molecular flexibility index (Phi) is 5.19. The second kappa shape index (κ2) is 6.43. The number of hydrogen-bond acceptors (Lipinski definition) is 4. The number of nitrogens with zero attached hydrogens (tertiary/aromatic N) is 2. The molecule has 0 aromatic carbocycles. The molecule has 0 aliphatic heterocycles. The smallest absolute Gasteiger partial charge is 0.129 e. The molecule has 1 unspecified atom stereocenters. The lowest BCUT2D eigenvalue weighted by molar-refractivity contribution is 0.567. The average Bonchev–Trinajstić information content (AvgIpc) is 2.26. The van der Waals surface area contributed by atoms with Crippen molar-refractivity contribution in [3.8, 4) is 0 Å². The summed E-state index contributed by atoms with van der Waals surface area (Å²) in [7, 11) is 0. The van der Waals surface area contributed by atoms with Crippen molar-refractivity contribution >= 4 is 5.82 Å². The lowest BCUT2D eigenvalue weighted by Gasteiger charge is -2.12. The highest BCUT2D eigenvalue weighted by atomic mass is 15.0. The van der Waals surface area contributed by atoms with Gasteiger partial charge in [-0.1, -0.05) is 13.8 Å². The van der Waals surface area contributed by atoms with Crippen LogP contribution in [-0.4, -0.2) is 23.1 Å². The molecule has 4 heteroatoms. The quantitative estimate of drug-likeness (QED) is 0.769. The maximum Gasteiger partial charge on any atom is 0.129 e. The molecule has 0 amide bonds. The molecule has 1 aromatic heterocycles. The molecule has 0 aliphatic rings. The fourth-order valence-electron chi connectivity index (χ4n) is 1.57. The van der Waals surface area contributed by atoms with E-state index in [1.165, 1.54) is 0 Å². The van der Waals surface area contributed by atoms with Crippen molar-refractivity contribution in [3.05, 3.63) is 17.6 Å². The van der Waals surface area contributed by atoms with Crippen molar-refractivity contribution < 1.29 is 0 Å². The van der Waals surface area contributed by atoms with E-state index < -0.39 is 0 Å². The largest absolute Gasteiger partial charge is 0.370 e. The standard InChI is InChI=1S/C12H22N4/c1-4-11-7-12(16-10(3)15-11)14-8-9(2)5-6-13/h7,9H,4-6,8,13H2,1-3H3,(H,14,15,16). The van der Waals surface area contributed by atoms with Crippen LogP contribution in [0.3, 0.4) is 0 Å². The highest BCUT2D eigenvalue weighted by Gasteiger charge is 2.03. The molecule has 3 N–H and O–H groups in total. The van der Waals surface area contributed by atoms with Crippen LogP contribution in [0.25, 0.3) is 0 Å². The predicted octanol–water partition coefficient (Wildman–Crippen LogP) is 1.74. The van der Waals surface area contributed by atoms with E-state index in [0.29, 0.717) is 5.92 Å². The van der Waals surface area contributed by atoms with Gasteiger partial charge < -0.3 is 11.1 Å². The van der Waals surface area contributed by atoms with Gasteiger partial charge in [0.15, 0.2) is 0 Å². The van der Waals surface area contributed by atoms with Crippen molar-refractivity contribution in [3.63, 3.8) is 0 Å². The van der Waals surface area contributed by atoms with E-state index in [1.807, 2.05) is 13.0 Å². The van der Waals surface area contributed by atoms with Gasteiger partial charge in [0.05, 0.1) is 0 Å². The van der Waals surface area contributed by atoms with Gasteiger partial charge in [0, 0.05) is 18.3 Å². The second-order valence-corrected chi connectivity index (χ2v) is 4.21. The number of nitrogens with one attached hydrogen (secondary N) is 1. The number of aromatic nitrogens is 2. The number of aryl methyl sites for hydroxylation is 2. The van der Waals surface area contributed by atoms with Crippen molar-refractivity contribution in [2.75, 3.05) is 18.4 Å². The van der Waals surface area contributed by atoms with Crippen LogP contribution in [0.1, 0.15) is 31.8 Å². The Morgan fingerprint density at radius 3 is 2.81 bits per heavy atom. The first-order chi connectivity index (χ1) is 7.65. The zero-order valence-electron chi connectivity index (χ0n) is 10.5. The van der Waals surface area contributed by atoms with Crippen LogP contribution >= 0.6 is 0 Å². The first-order valence-electron chi connectivity index (χ1n) is 5.94. The van der Waals surface area contributed by atoms with Gasteiger partial charge in [0.1, 0.15) is 11.6 Å². The number of hydrogen-bond donors (Lipinski definition) is 2. The second-order valence-electron chi connectivity index (χ2n) is 4.21. The Hall–Kier alpha value is -1.16. The molecule has 90 valence electrons. The van der Waals surface area contributed by atoms with Crippen LogP contribution in [0.15, 0.2) is 6.07 Å². The minimum absolute atomic E-state index is 0.574. The lowest BCUT2D eigenvalue weighted by atomic mass is 10.1. The maximum atomic E-state index is 5.51. The Balaban J connectivity index is 2.56. The first kappa shape index (κ1) is 12.9. The molecule has 0 fully saturated rings. The van der Waals surface area contributed by atoms with E-state index in [1.54, 1.807) is 0 Å². The highest BCUT2D eigenvalue weighted by molar-refractivity contribution is 5.36. The summed E-state index contributed by atoms with van der Waals surface area (Å²) in [4.78, 5) is 8.71. The molecular weight excluding hydrogens is 200 g/mol. The Morgan fingerprint density at radius 2 is 2.19 bits per heavy atom. The summed E-state index contributed by atoms with van der Waals surface area (Å²) < 4.78 is 0. The number of anilines is 1. The molecule has 0 aliphatic carbocycles. The minimum atomic E-state index is 0.574. The van der Waals surface area contributed by atoms with E-state index in [0.717, 1.165) is 43.3 Å². The Bertz CT molecular complexity index is 325. The normalized spacial score (nSPS) is 12.5. The molecule has 1 heterocycles. The van der Waals surface area contributed by atoms with Gasteiger partial charge in [-0.2, -0.15) is 0 Å². The van der Waals surface area contributed by atoms with Gasteiger partial charge in [-0.05, 0) is 32.2 Å². The van der Waals surface area contributed by atoms with E-state index in [9.17, 15) is 0 Å². The molecule has 0 bridgehead atoms. The number of nitrogens with two attached hydrogens (primary N) is 1. The van der Waals surface area contributed by atoms with Crippen molar-refractivity contribution in [2.24, 2.45) is 11.7 Å². The van der Waals surface area contributed by atoms with Crippen molar-refractivity contribution in [1.82, 2.24) is 9.97 Å². The molecule has 1 rings (SSSR count). The van der Waals surface area contributed by atoms with Crippen molar-refractivity contribution in [2.45, 2.75) is 33.6 Å². The van der Waals surface area contributed by atoms with Gasteiger partial charge in [-0.15, -0.1) is 0 Å². The van der Waals surface area contributed by atoms with Crippen LogP contribution in [-0.2, 0) is 6.42 Å². The van der Waals surface area contributed by atoms with Crippen molar-refractivity contribution in [1.29, 1.82) is 0 Å². The van der Waals surface area contributed by atoms with Gasteiger partial charge in [-0.25, -0.2) is 9.97 Å². The molecule has 0 saturated carbocycles. The summed E-state index contributed by atoms with van der Waals surface area (Å²) in [6.07, 6.45) is 1.98. The summed E-state index contributed by atoms with van der Waals surface area (Å²) in [6, 6.07) is 2.02. The zero-order valence-corrected chi connectivity index (χ0v) is 10.5. The van der Waals surface area contributed by atoms with Crippen LogP contribution in [0.5, 0.6) is 0 Å². The van der Waals surface area contributed by atoms with Gasteiger partial charge in [-0.3, -0.25) is 0 Å². The predicted molar refractivity (Wildman–Crippen MR) is 67.5 cm³/mol. The maximum absolute atomic E-state index is 5.51. The third-order valence-electron chi connectivity index (χ3n) is 2.54. The summed E-state index contributed by atoms with van der Waals surface area (Å²) in [5.74, 6) is 2.33. The van der Waals surface area contributed by atoms with E-state index >= 15 is 0 Å². The average molecular weight is 222 g/mol. The number of rotatable bonds is 6. The third-order valence-corrected chi connectivity index (χ3v) is 2.54. The molecule has 4 nitrogen and oxygen atoms in total. The van der Waals surface area contributed by atoms with Gasteiger partial charge >= 0.3 is 0 Å². The fourth-order valence-corrected chi connectivity index (χ4v) is 1.57. The molecule has 1 atom stereocenters. The zero-order chi connectivity index (χ0) is 12.0.